The van der Waals surface area contributed by atoms with E-state index >= 15 is 0 Å². The van der Waals surface area contributed by atoms with E-state index in [1.165, 1.54) is 77.0 Å². The summed E-state index contributed by atoms with van der Waals surface area (Å²) in [6.07, 6.45) is 40.2. The van der Waals surface area contributed by atoms with Crippen LogP contribution in [0.4, 0.5) is 0 Å². The van der Waals surface area contributed by atoms with Crippen LogP contribution in [0, 0.1) is 0 Å². The molecule has 0 fully saturated rings. The van der Waals surface area contributed by atoms with Crippen molar-refractivity contribution in [2.24, 2.45) is 0 Å². The highest BCUT2D eigenvalue weighted by atomic mass is 31.2. The second-order valence-corrected chi connectivity index (χ2v) is 16.4. The van der Waals surface area contributed by atoms with Crippen LogP contribution in [0.25, 0.3) is 0 Å². The van der Waals surface area contributed by atoms with Crippen LogP contribution in [-0.4, -0.2) is 75.6 Å². The number of esters is 1. The number of hydrogen-bond acceptors (Lipinski definition) is 6. The van der Waals surface area contributed by atoms with E-state index in [0.29, 0.717) is 24.1 Å². The van der Waals surface area contributed by atoms with Gasteiger partial charge in [-0.2, -0.15) is 0 Å². The van der Waals surface area contributed by atoms with Crippen molar-refractivity contribution in [3.05, 3.63) is 36.5 Å². The molecule has 1 N–H and O–H groups in total. The van der Waals surface area contributed by atoms with Crippen LogP contribution in [-0.2, 0) is 27.9 Å². The Morgan fingerprint density at radius 2 is 1.14 bits per heavy atom. The lowest BCUT2D eigenvalue weighted by Gasteiger charge is -2.24. The Hall–Kier alpha value is -1.28. The fourth-order valence-electron chi connectivity index (χ4n) is 5.51. The van der Waals surface area contributed by atoms with E-state index in [-0.39, 0.29) is 25.8 Å². The van der Waals surface area contributed by atoms with Crippen molar-refractivity contribution in [3.63, 3.8) is 0 Å². The van der Waals surface area contributed by atoms with Crippen LogP contribution in [0.15, 0.2) is 36.5 Å². The second-order valence-electron chi connectivity index (χ2n) is 15.0. The van der Waals surface area contributed by atoms with Crippen molar-refractivity contribution in [1.82, 2.24) is 0 Å². The highest BCUT2D eigenvalue weighted by Crippen LogP contribution is 2.43. The molecule has 0 spiro atoms. The molecular formula is C42H81NO7P+. The van der Waals surface area contributed by atoms with E-state index in [1.54, 1.807) is 0 Å². The van der Waals surface area contributed by atoms with E-state index in [9.17, 15) is 14.3 Å². The summed E-state index contributed by atoms with van der Waals surface area (Å²) in [5.41, 5.74) is 0. The van der Waals surface area contributed by atoms with Gasteiger partial charge in [0.1, 0.15) is 19.3 Å². The maximum absolute atomic E-state index is 12.6. The van der Waals surface area contributed by atoms with E-state index in [2.05, 4.69) is 50.3 Å². The van der Waals surface area contributed by atoms with Gasteiger partial charge < -0.3 is 18.9 Å². The second kappa shape index (κ2) is 35.7. The molecule has 2 atom stereocenters. The fourth-order valence-corrected chi connectivity index (χ4v) is 6.25. The summed E-state index contributed by atoms with van der Waals surface area (Å²) in [6.45, 7) is 5.50. The first-order chi connectivity index (χ1) is 24.6. The largest absolute Gasteiger partial charge is 0.472 e. The zero-order valence-electron chi connectivity index (χ0n) is 33.8. The van der Waals surface area contributed by atoms with E-state index in [0.717, 1.165) is 70.6 Å². The lowest BCUT2D eigenvalue weighted by Crippen LogP contribution is -2.37. The molecule has 0 bridgehead atoms. The number of allylic oxidation sites excluding steroid dienone is 6. The van der Waals surface area contributed by atoms with E-state index in [4.69, 9.17) is 18.5 Å². The number of ether oxygens (including phenoxy) is 2. The topological polar surface area (TPSA) is 91.3 Å². The highest BCUT2D eigenvalue weighted by Gasteiger charge is 2.26. The summed E-state index contributed by atoms with van der Waals surface area (Å²) >= 11 is 0. The molecule has 0 rings (SSSR count). The molecule has 300 valence electrons. The van der Waals surface area contributed by atoms with Crippen molar-refractivity contribution in [2.45, 2.75) is 174 Å². The monoisotopic (exact) mass is 743 g/mol. The van der Waals surface area contributed by atoms with Gasteiger partial charge in [0, 0.05) is 13.0 Å². The molecule has 1 unspecified atom stereocenters. The predicted molar refractivity (Wildman–Crippen MR) is 215 cm³/mol. The van der Waals surface area contributed by atoms with Crippen LogP contribution in [0.1, 0.15) is 168 Å². The van der Waals surface area contributed by atoms with Gasteiger partial charge in [-0.1, -0.05) is 153 Å². The molecule has 0 aromatic carbocycles. The molecule has 0 aliphatic heterocycles. The lowest BCUT2D eigenvalue weighted by atomic mass is 10.0. The van der Waals surface area contributed by atoms with Crippen LogP contribution in [0.5, 0.6) is 0 Å². The number of phosphoric ester groups is 1. The quantitative estimate of drug-likeness (QED) is 0.0221. The molecule has 0 saturated carbocycles. The zero-order chi connectivity index (χ0) is 37.7. The van der Waals surface area contributed by atoms with Crippen LogP contribution >= 0.6 is 7.82 Å². The normalized spacial score (nSPS) is 14.2. The van der Waals surface area contributed by atoms with Gasteiger partial charge in [0.2, 0.25) is 0 Å². The zero-order valence-corrected chi connectivity index (χ0v) is 34.7. The van der Waals surface area contributed by atoms with Gasteiger partial charge >= 0.3 is 13.8 Å². The molecule has 51 heavy (non-hydrogen) atoms. The molecule has 0 amide bonds. The van der Waals surface area contributed by atoms with Gasteiger partial charge in [-0.3, -0.25) is 13.8 Å². The van der Waals surface area contributed by atoms with E-state index < -0.39 is 13.9 Å². The van der Waals surface area contributed by atoms with Crippen molar-refractivity contribution in [1.29, 1.82) is 0 Å². The minimum absolute atomic E-state index is 0.0855. The van der Waals surface area contributed by atoms with Gasteiger partial charge in [0.15, 0.2) is 0 Å². The number of carbonyl (C=O) groups is 1. The van der Waals surface area contributed by atoms with Crippen LogP contribution in [0.3, 0.4) is 0 Å². The van der Waals surface area contributed by atoms with E-state index in [1.807, 2.05) is 21.1 Å². The SMILES string of the molecule is CC/C=C\C/C=C\C/C=C\CCCCCCCC(=O)O[C@@H](COCCCCCCCCCCCCCCCC)COP(=O)(O)OCC[N+](C)(C)C. The summed E-state index contributed by atoms with van der Waals surface area (Å²) in [4.78, 5) is 22.8. The lowest BCUT2D eigenvalue weighted by molar-refractivity contribution is -0.870. The first-order valence-corrected chi connectivity index (χ1v) is 22.2. The highest BCUT2D eigenvalue weighted by molar-refractivity contribution is 7.47. The fraction of sp³-hybridized carbons (Fsp3) is 0.833. The average molecular weight is 743 g/mol. The first kappa shape index (κ1) is 49.7. The molecule has 0 heterocycles. The van der Waals surface area contributed by atoms with Gasteiger partial charge in [-0.15, -0.1) is 0 Å². The Balaban J connectivity index is 4.29. The number of carbonyl (C=O) groups excluding carboxylic acids is 1. The van der Waals surface area contributed by atoms with Crippen molar-refractivity contribution in [2.75, 3.05) is 54.1 Å². The third-order valence-electron chi connectivity index (χ3n) is 8.72. The number of hydrogen-bond donors (Lipinski definition) is 1. The molecule has 0 aliphatic carbocycles. The Labute approximate surface area is 315 Å². The molecule has 9 heteroatoms. The van der Waals surface area contributed by atoms with Crippen LogP contribution in [0.2, 0.25) is 0 Å². The average Bonchev–Trinajstić information content (AvgIpc) is 3.08. The molecule has 0 aromatic heterocycles. The van der Waals surface area contributed by atoms with Crippen molar-refractivity contribution in [3.8, 4) is 0 Å². The third kappa shape index (κ3) is 39.8. The van der Waals surface area contributed by atoms with Gasteiger partial charge in [-0.05, 0) is 44.9 Å². The standard InChI is InChI=1S/C42H80NO7P/c1-6-8-10-12-14-16-18-20-22-23-25-27-29-31-33-35-42(44)50-41(40-49-51(45,46)48-38-36-43(3,4)5)39-47-37-34-32-30-28-26-24-21-19-17-15-13-11-9-7-2/h8,10,14,16,20,22,41H,6-7,9,11-13,15,17-19,21,23-40H2,1-5H3/p+1/b10-8-,16-14-,22-20-/t41-/m0/s1. The Bertz CT molecular complexity index is 915. The molecule has 0 saturated heterocycles. The molecule has 8 nitrogen and oxygen atoms in total. The summed E-state index contributed by atoms with van der Waals surface area (Å²) in [5.74, 6) is -0.330. The number of phosphoric acid groups is 1. The minimum Gasteiger partial charge on any atom is -0.457 e. The van der Waals surface area contributed by atoms with Gasteiger partial charge in [-0.25, -0.2) is 4.57 Å². The molecular weight excluding hydrogens is 661 g/mol. The number of rotatable bonds is 38. The Morgan fingerprint density at radius 1 is 0.627 bits per heavy atom. The Morgan fingerprint density at radius 3 is 1.71 bits per heavy atom. The van der Waals surface area contributed by atoms with Crippen molar-refractivity contribution >= 4 is 13.8 Å². The summed E-state index contributed by atoms with van der Waals surface area (Å²) < 4.78 is 34.9. The van der Waals surface area contributed by atoms with Gasteiger partial charge in [0.25, 0.3) is 0 Å². The molecule has 0 radical (unpaired) electrons. The van der Waals surface area contributed by atoms with Crippen LogP contribution < -0.4 is 0 Å². The summed E-state index contributed by atoms with van der Waals surface area (Å²) in [7, 11) is 1.66. The summed E-state index contributed by atoms with van der Waals surface area (Å²) in [5, 5.41) is 0. The first-order valence-electron chi connectivity index (χ1n) is 20.7. The minimum atomic E-state index is -4.27. The molecule has 0 aromatic rings. The van der Waals surface area contributed by atoms with Gasteiger partial charge in [0.05, 0.1) is 34.4 Å². The number of unbranched alkanes of at least 4 members (excludes halogenated alkanes) is 18. The number of nitrogens with zero attached hydrogens (tertiary/aromatic N) is 1. The number of quaternary nitrogens is 1. The maximum Gasteiger partial charge on any atom is 0.472 e. The number of likely N-dealkylation sites (N-methyl/N-ethyl adjacent to an activating group) is 1. The third-order valence-corrected chi connectivity index (χ3v) is 9.70. The Kier molecular flexibility index (Phi) is 34.8. The maximum atomic E-state index is 12.6. The smallest absolute Gasteiger partial charge is 0.457 e. The summed E-state index contributed by atoms with van der Waals surface area (Å²) in [6, 6.07) is 0. The van der Waals surface area contributed by atoms with Crippen molar-refractivity contribution < 1.29 is 37.3 Å². The molecule has 0 aliphatic rings. The predicted octanol–water partition coefficient (Wildman–Crippen LogP) is 11.8.